The summed E-state index contributed by atoms with van der Waals surface area (Å²) >= 11 is 0. The van der Waals surface area contributed by atoms with Gasteiger partial charge in [0.25, 0.3) is 0 Å². The third-order valence-corrected chi connectivity index (χ3v) is 3.13. The SMILES string of the molecule is Cn1ccc(CC(NN)C2CCC2)n1. The molecule has 1 atom stereocenters. The average Bonchev–Trinajstić information content (AvgIpc) is 2.47. The molecule has 0 bridgehead atoms. The third kappa shape index (κ3) is 1.96. The molecule has 0 saturated heterocycles. The summed E-state index contributed by atoms with van der Waals surface area (Å²) in [6.45, 7) is 0. The zero-order chi connectivity index (χ0) is 9.97. The lowest BCUT2D eigenvalue weighted by Crippen LogP contribution is -2.44. The Morgan fingerprint density at radius 2 is 2.50 bits per heavy atom. The zero-order valence-electron chi connectivity index (χ0n) is 8.61. The van der Waals surface area contributed by atoms with E-state index in [1.165, 1.54) is 19.3 Å². The van der Waals surface area contributed by atoms with Crippen LogP contribution in [0.2, 0.25) is 0 Å². The molecule has 1 aliphatic rings. The first-order valence-corrected chi connectivity index (χ1v) is 5.24. The van der Waals surface area contributed by atoms with Crippen molar-refractivity contribution >= 4 is 0 Å². The van der Waals surface area contributed by atoms with Gasteiger partial charge in [-0.25, -0.2) is 0 Å². The predicted octanol–water partition coefficient (Wildman–Crippen LogP) is 0.595. The summed E-state index contributed by atoms with van der Waals surface area (Å²) in [7, 11) is 1.94. The highest BCUT2D eigenvalue weighted by molar-refractivity contribution is 5.02. The molecule has 1 heterocycles. The highest BCUT2D eigenvalue weighted by Crippen LogP contribution is 2.30. The van der Waals surface area contributed by atoms with E-state index in [1.807, 2.05) is 17.9 Å². The summed E-state index contributed by atoms with van der Waals surface area (Å²) in [5, 5.41) is 4.36. The Morgan fingerprint density at radius 1 is 1.71 bits per heavy atom. The second kappa shape index (κ2) is 4.11. The Morgan fingerprint density at radius 3 is 2.93 bits per heavy atom. The Bertz CT molecular complexity index is 290. The van der Waals surface area contributed by atoms with Crippen LogP contribution in [-0.4, -0.2) is 15.8 Å². The highest BCUT2D eigenvalue weighted by Gasteiger charge is 2.26. The summed E-state index contributed by atoms with van der Waals surface area (Å²) < 4.78 is 1.84. The molecule has 2 rings (SSSR count). The fourth-order valence-corrected chi connectivity index (χ4v) is 2.00. The Kier molecular flexibility index (Phi) is 2.84. The minimum absolute atomic E-state index is 0.402. The van der Waals surface area contributed by atoms with Crippen molar-refractivity contribution in [1.82, 2.24) is 15.2 Å². The van der Waals surface area contributed by atoms with Gasteiger partial charge in [0.15, 0.2) is 0 Å². The van der Waals surface area contributed by atoms with Crippen molar-refractivity contribution in [3.05, 3.63) is 18.0 Å². The minimum atomic E-state index is 0.402. The van der Waals surface area contributed by atoms with E-state index >= 15 is 0 Å². The fraction of sp³-hybridized carbons (Fsp3) is 0.700. The van der Waals surface area contributed by atoms with Crippen LogP contribution in [0.15, 0.2) is 12.3 Å². The number of aryl methyl sites for hydroxylation is 1. The topological polar surface area (TPSA) is 55.9 Å². The Hall–Kier alpha value is -0.870. The van der Waals surface area contributed by atoms with Crippen molar-refractivity contribution in [3.8, 4) is 0 Å². The van der Waals surface area contributed by atoms with Gasteiger partial charge in [0.2, 0.25) is 0 Å². The van der Waals surface area contributed by atoms with E-state index in [0.29, 0.717) is 6.04 Å². The number of hydrazine groups is 1. The standard InChI is InChI=1S/C10H18N4/c1-14-6-5-9(13-14)7-10(12-11)8-3-2-4-8/h5-6,8,10,12H,2-4,7,11H2,1H3. The third-order valence-electron chi connectivity index (χ3n) is 3.13. The molecule has 1 aromatic rings. The molecule has 4 nitrogen and oxygen atoms in total. The van der Waals surface area contributed by atoms with Gasteiger partial charge < -0.3 is 0 Å². The Balaban J connectivity index is 1.93. The van der Waals surface area contributed by atoms with Crippen LogP contribution in [0.4, 0.5) is 0 Å². The van der Waals surface area contributed by atoms with Gasteiger partial charge in [-0.15, -0.1) is 0 Å². The molecule has 1 fully saturated rings. The van der Waals surface area contributed by atoms with Crippen molar-refractivity contribution in [2.24, 2.45) is 18.8 Å². The smallest absolute Gasteiger partial charge is 0.0640 e. The fourth-order valence-electron chi connectivity index (χ4n) is 2.00. The number of nitrogens with two attached hydrogens (primary N) is 1. The van der Waals surface area contributed by atoms with Crippen molar-refractivity contribution < 1.29 is 0 Å². The number of nitrogens with one attached hydrogen (secondary N) is 1. The maximum Gasteiger partial charge on any atom is 0.0640 e. The lowest BCUT2D eigenvalue weighted by atomic mass is 9.78. The zero-order valence-corrected chi connectivity index (χ0v) is 8.61. The maximum atomic E-state index is 5.55. The largest absolute Gasteiger partial charge is 0.276 e. The van der Waals surface area contributed by atoms with Crippen molar-refractivity contribution in [1.29, 1.82) is 0 Å². The normalized spacial score (nSPS) is 19.3. The van der Waals surface area contributed by atoms with Crippen LogP contribution in [0, 0.1) is 5.92 Å². The summed E-state index contributed by atoms with van der Waals surface area (Å²) in [5.74, 6) is 6.31. The van der Waals surface area contributed by atoms with E-state index in [-0.39, 0.29) is 0 Å². The molecular formula is C10H18N4. The van der Waals surface area contributed by atoms with Gasteiger partial charge in [-0.05, 0) is 24.8 Å². The monoisotopic (exact) mass is 194 g/mol. The van der Waals surface area contributed by atoms with Gasteiger partial charge in [0.1, 0.15) is 0 Å². The molecular weight excluding hydrogens is 176 g/mol. The number of rotatable bonds is 4. The second-order valence-electron chi connectivity index (χ2n) is 4.15. The molecule has 14 heavy (non-hydrogen) atoms. The predicted molar refractivity (Wildman–Crippen MR) is 55.4 cm³/mol. The molecule has 0 radical (unpaired) electrons. The van der Waals surface area contributed by atoms with Crippen LogP contribution in [-0.2, 0) is 13.5 Å². The van der Waals surface area contributed by atoms with E-state index in [9.17, 15) is 0 Å². The van der Waals surface area contributed by atoms with Gasteiger partial charge in [-0.1, -0.05) is 6.42 Å². The summed E-state index contributed by atoms with van der Waals surface area (Å²) in [6, 6.07) is 2.46. The molecule has 3 N–H and O–H groups in total. The van der Waals surface area contributed by atoms with Crippen LogP contribution < -0.4 is 11.3 Å². The lowest BCUT2D eigenvalue weighted by molar-refractivity contribution is 0.227. The summed E-state index contributed by atoms with van der Waals surface area (Å²) in [5.41, 5.74) is 4.04. The van der Waals surface area contributed by atoms with Crippen LogP contribution in [0.25, 0.3) is 0 Å². The molecule has 0 aromatic carbocycles. The number of aromatic nitrogens is 2. The first-order chi connectivity index (χ1) is 6.79. The second-order valence-corrected chi connectivity index (χ2v) is 4.15. The molecule has 1 unspecified atom stereocenters. The van der Waals surface area contributed by atoms with Gasteiger partial charge in [-0.2, -0.15) is 5.10 Å². The van der Waals surface area contributed by atoms with Crippen molar-refractivity contribution in [3.63, 3.8) is 0 Å². The molecule has 78 valence electrons. The summed E-state index contributed by atoms with van der Waals surface area (Å²) in [6.07, 6.45) is 6.89. The Labute approximate surface area is 84.4 Å². The lowest BCUT2D eigenvalue weighted by Gasteiger charge is -2.32. The van der Waals surface area contributed by atoms with Crippen LogP contribution in [0.5, 0.6) is 0 Å². The molecule has 0 spiro atoms. The first kappa shape index (κ1) is 9.68. The molecule has 4 heteroatoms. The average molecular weight is 194 g/mol. The summed E-state index contributed by atoms with van der Waals surface area (Å²) in [4.78, 5) is 0. The van der Waals surface area contributed by atoms with E-state index in [4.69, 9.17) is 5.84 Å². The van der Waals surface area contributed by atoms with E-state index in [2.05, 4.69) is 16.6 Å². The number of hydrogen-bond donors (Lipinski definition) is 2. The van der Waals surface area contributed by atoms with Gasteiger partial charge in [-0.3, -0.25) is 16.0 Å². The molecule has 1 saturated carbocycles. The van der Waals surface area contributed by atoms with Crippen LogP contribution in [0.3, 0.4) is 0 Å². The quantitative estimate of drug-likeness (QED) is 0.545. The minimum Gasteiger partial charge on any atom is -0.276 e. The first-order valence-electron chi connectivity index (χ1n) is 5.24. The van der Waals surface area contributed by atoms with Crippen molar-refractivity contribution in [2.45, 2.75) is 31.7 Å². The van der Waals surface area contributed by atoms with Crippen LogP contribution in [0.1, 0.15) is 25.0 Å². The molecule has 1 aliphatic carbocycles. The molecule has 0 amide bonds. The van der Waals surface area contributed by atoms with Gasteiger partial charge in [0.05, 0.1) is 5.69 Å². The highest BCUT2D eigenvalue weighted by atomic mass is 15.3. The van der Waals surface area contributed by atoms with Crippen molar-refractivity contribution in [2.75, 3.05) is 0 Å². The molecule has 0 aliphatic heterocycles. The number of nitrogens with zero attached hydrogens (tertiary/aromatic N) is 2. The number of hydrogen-bond acceptors (Lipinski definition) is 3. The van der Waals surface area contributed by atoms with E-state index in [0.717, 1.165) is 18.0 Å². The van der Waals surface area contributed by atoms with Gasteiger partial charge in [0, 0.05) is 25.7 Å². The van der Waals surface area contributed by atoms with Gasteiger partial charge >= 0.3 is 0 Å². The van der Waals surface area contributed by atoms with Crippen LogP contribution >= 0.6 is 0 Å². The van der Waals surface area contributed by atoms with E-state index in [1.54, 1.807) is 0 Å². The van der Waals surface area contributed by atoms with E-state index < -0.39 is 0 Å². The maximum absolute atomic E-state index is 5.55. The molecule has 1 aromatic heterocycles.